The van der Waals surface area contributed by atoms with Gasteiger partial charge in [-0.2, -0.15) is 5.10 Å². The van der Waals surface area contributed by atoms with Crippen molar-refractivity contribution in [2.24, 2.45) is 5.92 Å². The van der Waals surface area contributed by atoms with Crippen molar-refractivity contribution in [2.75, 3.05) is 5.32 Å². The number of rotatable bonds is 3. The molecular formula is C15H15Cl2N3O2. The van der Waals surface area contributed by atoms with Gasteiger partial charge in [-0.15, -0.1) is 0 Å². The van der Waals surface area contributed by atoms with E-state index in [1.54, 1.807) is 35.1 Å². The molecule has 7 heteroatoms. The van der Waals surface area contributed by atoms with Gasteiger partial charge in [0.25, 0.3) is 0 Å². The fourth-order valence-electron chi connectivity index (χ4n) is 2.66. The van der Waals surface area contributed by atoms with Crippen LogP contribution in [-0.2, 0) is 4.79 Å². The van der Waals surface area contributed by atoms with Crippen molar-refractivity contribution in [1.82, 2.24) is 9.78 Å². The normalized spacial score (nSPS) is 21.0. The van der Waals surface area contributed by atoms with E-state index in [0.29, 0.717) is 34.4 Å². The van der Waals surface area contributed by atoms with E-state index in [2.05, 4.69) is 10.4 Å². The van der Waals surface area contributed by atoms with Crippen LogP contribution in [0.2, 0.25) is 10.0 Å². The van der Waals surface area contributed by atoms with E-state index in [1.165, 1.54) is 0 Å². The molecule has 2 aromatic rings. The first kappa shape index (κ1) is 15.3. The second-order valence-electron chi connectivity index (χ2n) is 5.34. The molecule has 1 fully saturated rings. The standard InChI is InChI=1S/C15H15Cl2N3O2/c16-9-4-5-12(11(17)8-9)20-7-6-14(19-20)18-15(22)10-2-1-3-13(10)21/h4-8,10,13,21H,1-3H2,(H,18,19,22). The lowest BCUT2D eigenvalue weighted by Gasteiger charge is -2.12. The van der Waals surface area contributed by atoms with Gasteiger partial charge in [0.2, 0.25) is 5.91 Å². The molecule has 0 bridgehead atoms. The lowest BCUT2D eigenvalue weighted by Crippen LogP contribution is -2.28. The summed E-state index contributed by atoms with van der Waals surface area (Å²) in [5.41, 5.74) is 0.674. The maximum atomic E-state index is 12.1. The second kappa shape index (κ2) is 6.28. The Morgan fingerprint density at radius 2 is 2.14 bits per heavy atom. The van der Waals surface area contributed by atoms with Gasteiger partial charge in [0.1, 0.15) is 0 Å². The SMILES string of the molecule is O=C(Nc1ccn(-c2ccc(Cl)cc2Cl)n1)C1CCCC1O. The largest absolute Gasteiger partial charge is 0.392 e. The first-order valence-corrected chi connectivity index (χ1v) is 7.80. The fraction of sp³-hybridized carbons (Fsp3) is 0.333. The summed E-state index contributed by atoms with van der Waals surface area (Å²) < 4.78 is 1.57. The number of benzene rings is 1. The van der Waals surface area contributed by atoms with Crippen LogP contribution in [0.3, 0.4) is 0 Å². The van der Waals surface area contributed by atoms with E-state index in [-0.39, 0.29) is 11.8 Å². The number of aliphatic hydroxyl groups is 1. The number of carbonyl (C=O) groups is 1. The Balaban J connectivity index is 1.75. The van der Waals surface area contributed by atoms with Gasteiger partial charge in [-0.25, -0.2) is 4.68 Å². The lowest BCUT2D eigenvalue weighted by atomic mass is 10.1. The van der Waals surface area contributed by atoms with Crippen molar-refractivity contribution in [3.05, 3.63) is 40.5 Å². The zero-order chi connectivity index (χ0) is 15.7. The smallest absolute Gasteiger partial charge is 0.231 e. The monoisotopic (exact) mass is 339 g/mol. The zero-order valence-electron chi connectivity index (χ0n) is 11.7. The molecule has 5 nitrogen and oxygen atoms in total. The van der Waals surface area contributed by atoms with Gasteiger partial charge in [0.05, 0.1) is 22.7 Å². The number of aromatic nitrogens is 2. The molecule has 1 heterocycles. The summed E-state index contributed by atoms with van der Waals surface area (Å²) in [4.78, 5) is 12.1. The molecule has 1 saturated carbocycles. The molecule has 2 unspecified atom stereocenters. The molecule has 0 radical (unpaired) electrons. The van der Waals surface area contributed by atoms with Crippen LogP contribution in [0, 0.1) is 5.92 Å². The Hall–Kier alpha value is -1.56. The third-order valence-corrected chi connectivity index (χ3v) is 4.35. The van der Waals surface area contributed by atoms with Crippen molar-refractivity contribution in [1.29, 1.82) is 0 Å². The average Bonchev–Trinajstić information content (AvgIpc) is 3.08. The molecule has 0 saturated heterocycles. The van der Waals surface area contributed by atoms with Gasteiger partial charge in [0, 0.05) is 17.3 Å². The maximum absolute atomic E-state index is 12.1. The Bertz CT molecular complexity index is 702. The number of aliphatic hydroxyl groups excluding tert-OH is 1. The zero-order valence-corrected chi connectivity index (χ0v) is 13.2. The molecule has 1 amide bonds. The summed E-state index contributed by atoms with van der Waals surface area (Å²) in [6, 6.07) is 6.79. The Kier molecular flexibility index (Phi) is 4.38. The van der Waals surface area contributed by atoms with Gasteiger partial charge in [0.15, 0.2) is 5.82 Å². The van der Waals surface area contributed by atoms with Crippen molar-refractivity contribution >= 4 is 34.9 Å². The van der Waals surface area contributed by atoms with Crippen molar-refractivity contribution in [3.63, 3.8) is 0 Å². The van der Waals surface area contributed by atoms with Crippen LogP contribution in [0.1, 0.15) is 19.3 Å². The Morgan fingerprint density at radius 3 is 2.82 bits per heavy atom. The summed E-state index contributed by atoms with van der Waals surface area (Å²) in [6.45, 7) is 0. The maximum Gasteiger partial charge on any atom is 0.231 e. The third-order valence-electron chi connectivity index (χ3n) is 3.81. The molecule has 2 N–H and O–H groups in total. The minimum atomic E-state index is -0.562. The first-order valence-electron chi connectivity index (χ1n) is 7.04. The highest BCUT2D eigenvalue weighted by atomic mass is 35.5. The van der Waals surface area contributed by atoms with Crippen LogP contribution in [0.4, 0.5) is 5.82 Å². The quantitative estimate of drug-likeness (QED) is 0.901. The van der Waals surface area contributed by atoms with Gasteiger partial charge in [-0.1, -0.05) is 23.2 Å². The van der Waals surface area contributed by atoms with E-state index in [0.717, 1.165) is 6.42 Å². The van der Waals surface area contributed by atoms with Crippen molar-refractivity contribution in [2.45, 2.75) is 25.4 Å². The Labute approximate surface area is 137 Å². The van der Waals surface area contributed by atoms with E-state index in [1.807, 2.05) is 0 Å². The second-order valence-corrected chi connectivity index (χ2v) is 6.18. The molecule has 116 valence electrons. The number of amides is 1. The fourth-order valence-corrected chi connectivity index (χ4v) is 3.15. The minimum Gasteiger partial charge on any atom is -0.392 e. The number of halogens is 2. The number of carbonyl (C=O) groups excluding carboxylic acids is 1. The summed E-state index contributed by atoms with van der Waals surface area (Å²) in [6.07, 6.45) is 3.39. The highest BCUT2D eigenvalue weighted by Crippen LogP contribution is 2.27. The van der Waals surface area contributed by atoms with Gasteiger partial charge in [-0.05, 0) is 37.5 Å². The van der Waals surface area contributed by atoms with Crippen LogP contribution < -0.4 is 5.32 Å². The number of hydrogen-bond acceptors (Lipinski definition) is 3. The molecule has 1 aliphatic rings. The van der Waals surface area contributed by atoms with Gasteiger partial charge in [-0.3, -0.25) is 4.79 Å². The van der Waals surface area contributed by atoms with E-state index >= 15 is 0 Å². The Morgan fingerprint density at radius 1 is 1.32 bits per heavy atom. The average molecular weight is 340 g/mol. The summed E-state index contributed by atoms with van der Waals surface area (Å²) in [5, 5.41) is 17.8. The van der Waals surface area contributed by atoms with Gasteiger partial charge >= 0.3 is 0 Å². The third kappa shape index (κ3) is 3.11. The molecule has 1 aliphatic carbocycles. The number of nitrogens with zero attached hydrogens (tertiary/aromatic N) is 2. The summed E-state index contributed by atoms with van der Waals surface area (Å²) in [5.74, 6) is -0.128. The van der Waals surface area contributed by atoms with Crippen LogP contribution in [0.25, 0.3) is 5.69 Å². The highest BCUT2D eigenvalue weighted by Gasteiger charge is 2.31. The predicted molar refractivity (Wildman–Crippen MR) is 85.6 cm³/mol. The van der Waals surface area contributed by atoms with Crippen LogP contribution in [0.5, 0.6) is 0 Å². The molecule has 0 spiro atoms. The molecule has 0 aliphatic heterocycles. The number of anilines is 1. The summed E-state index contributed by atoms with van der Waals surface area (Å²) >= 11 is 12.0. The van der Waals surface area contributed by atoms with Crippen molar-refractivity contribution < 1.29 is 9.90 Å². The topological polar surface area (TPSA) is 67.2 Å². The van der Waals surface area contributed by atoms with Crippen LogP contribution in [0.15, 0.2) is 30.5 Å². The number of hydrogen-bond donors (Lipinski definition) is 2. The highest BCUT2D eigenvalue weighted by molar-refractivity contribution is 6.35. The lowest BCUT2D eigenvalue weighted by molar-refractivity contribution is -0.122. The first-order chi connectivity index (χ1) is 10.5. The van der Waals surface area contributed by atoms with E-state index in [9.17, 15) is 9.90 Å². The molecule has 2 atom stereocenters. The van der Waals surface area contributed by atoms with E-state index < -0.39 is 6.10 Å². The summed E-state index contributed by atoms with van der Waals surface area (Å²) in [7, 11) is 0. The minimum absolute atomic E-state index is 0.197. The van der Waals surface area contributed by atoms with Crippen LogP contribution >= 0.6 is 23.2 Å². The predicted octanol–water partition coefficient (Wildman–Crippen LogP) is 3.28. The number of nitrogens with one attached hydrogen (secondary N) is 1. The molecule has 1 aromatic carbocycles. The molecule has 22 heavy (non-hydrogen) atoms. The molecule has 3 rings (SSSR count). The van der Waals surface area contributed by atoms with Crippen LogP contribution in [-0.4, -0.2) is 26.9 Å². The van der Waals surface area contributed by atoms with Gasteiger partial charge < -0.3 is 10.4 Å². The molecular weight excluding hydrogens is 325 g/mol. The van der Waals surface area contributed by atoms with Crippen molar-refractivity contribution in [3.8, 4) is 5.69 Å². The molecule has 1 aromatic heterocycles. The van der Waals surface area contributed by atoms with E-state index in [4.69, 9.17) is 23.2 Å².